The fourth-order valence-corrected chi connectivity index (χ4v) is 4.50. The number of phenolic OH excluding ortho intramolecular Hbond substituents is 2. The third kappa shape index (κ3) is 4.89. The lowest BCUT2D eigenvalue weighted by Crippen LogP contribution is -2.49. The second-order valence-electron chi connectivity index (χ2n) is 9.39. The summed E-state index contributed by atoms with van der Waals surface area (Å²) >= 11 is 0. The number of amides is 1. The molecule has 0 saturated heterocycles. The number of hydrogen-bond acceptors (Lipinski definition) is 6. The van der Waals surface area contributed by atoms with Crippen LogP contribution in [0.2, 0.25) is 0 Å². The number of aromatic hydroxyl groups is 2. The van der Waals surface area contributed by atoms with Gasteiger partial charge in [0.15, 0.2) is 0 Å². The number of anilines is 1. The number of carbonyl (C=O) groups is 2. The summed E-state index contributed by atoms with van der Waals surface area (Å²) in [7, 11) is 0. The normalized spacial score (nSPS) is 14.7. The summed E-state index contributed by atoms with van der Waals surface area (Å²) in [5.74, 6) is -1.37. The monoisotopic (exact) mass is 461 g/mol. The quantitative estimate of drug-likeness (QED) is 0.395. The van der Waals surface area contributed by atoms with Crippen LogP contribution in [-0.2, 0) is 28.0 Å². The van der Waals surface area contributed by atoms with Crippen molar-refractivity contribution in [3.8, 4) is 11.5 Å². The van der Waals surface area contributed by atoms with Crippen LogP contribution in [0.15, 0.2) is 66.7 Å². The van der Waals surface area contributed by atoms with Crippen molar-refractivity contribution in [2.24, 2.45) is 0 Å². The maximum absolute atomic E-state index is 13.5. The van der Waals surface area contributed by atoms with Crippen molar-refractivity contribution in [2.75, 3.05) is 5.32 Å². The van der Waals surface area contributed by atoms with Crippen molar-refractivity contribution < 1.29 is 29.6 Å². The Labute approximate surface area is 197 Å². The fourth-order valence-electron chi connectivity index (χ4n) is 4.50. The Kier molecular flexibility index (Phi) is 6.06. The van der Waals surface area contributed by atoms with Gasteiger partial charge in [0, 0.05) is 23.7 Å². The number of aliphatic hydroxyl groups is 1. The minimum Gasteiger partial charge on any atom is -0.508 e. The highest BCUT2D eigenvalue weighted by atomic mass is 16.5. The smallest absolute Gasteiger partial charge is 0.338 e. The van der Waals surface area contributed by atoms with Gasteiger partial charge in [-0.05, 0) is 53.3 Å². The van der Waals surface area contributed by atoms with E-state index in [1.165, 1.54) is 18.2 Å². The van der Waals surface area contributed by atoms with Gasteiger partial charge >= 0.3 is 5.97 Å². The van der Waals surface area contributed by atoms with E-state index in [-0.39, 0.29) is 30.9 Å². The fraction of sp³-hybridized carbons (Fsp3) is 0.259. The number of benzene rings is 3. The molecule has 3 aromatic carbocycles. The van der Waals surface area contributed by atoms with E-state index in [1.54, 1.807) is 18.2 Å². The van der Waals surface area contributed by atoms with Crippen LogP contribution >= 0.6 is 0 Å². The van der Waals surface area contributed by atoms with Gasteiger partial charge in [-0.25, -0.2) is 4.79 Å². The number of nitrogens with one attached hydrogen (secondary N) is 1. The molecule has 34 heavy (non-hydrogen) atoms. The molecule has 0 saturated carbocycles. The highest BCUT2D eigenvalue weighted by Gasteiger charge is 2.42. The summed E-state index contributed by atoms with van der Waals surface area (Å²) < 4.78 is 5.02. The van der Waals surface area contributed by atoms with Crippen LogP contribution in [0.25, 0.3) is 0 Å². The lowest BCUT2D eigenvalue weighted by atomic mass is 9.73. The van der Waals surface area contributed by atoms with Gasteiger partial charge in [0.25, 0.3) is 5.91 Å². The van der Waals surface area contributed by atoms with Crippen LogP contribution < -0.4 is 5.32 Å². The molecule has 0 fully saturated rings. The maximum Gasteiger partial charge on any atom is 0.338 e. The Bertz CT molecular complexity index is 1220. The molecule has 0 spiro atoms. The van der Waals surface area contributed by atoms with Gasteiger partial charge in [0.1, 0.15) is 23.7 Å². The van der Waals surface area contributed by atoms with Gasteiger partial charge < -0.3 is 25.4 Å². The standard InChI is InChI=1S/C27H27NO6/c1-26(2,19-6-4-3-5-7-19)16-27(33,14-17-10-21(29)13-22(30)11-17)25(32)28-20-8-9-23-18(12-20)15-34-24(23)31/h3-13,29-30,33H,14-16H2,1-2H3,(H,28,32). The molecule has 0 radical (unpaired) electrons. The zero-order chi connectivity index (χ0) is 24.5. The van der Waals surface area contributed by atoms with Gasteiger partial charge in [-0.15, -0.1) is 0 Å². The van der Waals surface area contributed by atoms with E-state index < -0.39 is 22.9 Å². The minimum absolute atomic E-state index is 0.0683. The van der Waals surface area contributed by atoms with Gasteiger partial charge in [0.2, 0.25) is 0 Å². The molecule has 0 aliphatic carbocycles. The maximum atomic E-state index is 13.5. The van der Waals surface area contributed by atoms with Gasteiger partial charge in [-0.3, -0.25) is 4.79 Å². The van der Waals surface area contributed by atoms with Crippen LogP contribution in [-0.4, -0.2) is 32.8 Å². The molecule has 3 aromatic rings. The molecule has 176 valence electrons. The zero-order valence-corrected chi connectivity index (χ0v) is 19.0. The molecule has 1 amide bonds. The number of rotatable bonds is 7. The first-order valence-electron chi connectivity index (χ1n) is 11.0. The van der Waals surface area contributed by atoms with Crippen LogP contribution in [0.3, 0.4) is 0 Å². The topological polar surface area (TPSA) is 116 Å². The molecule has 1 heterocycles. The summed E-state index contributed by atoms with van der Waals surface area (Å²) in [5.41, 5.74) is 0.439. The number of carbonyl (C=O) groups excluding carboxylic acids is 2. The molecule has 4 rings (SSSR count). The van der Waals surface area contributed by atoms with E-state index in [4.69, 9.17) is 4.74 Å². The first-order valence-corrected chi connectivity index (χ1v) is 11.0. The van der Waals surface area contributed by atoms with E-state index in [0.29, 0.717) is 22.4 Å². The van der Waals surface area contributed by atoms with Crippen LogP contribution in [0, 0.1) is 0 Å². The van der Waals surface area contributed by atoms with Crippen molar-refractivity contribution in [3.05, 3.63) is 89.0 Å². The van der Waals surface area contributed by atoms with Crippen LogP contribution in [0.1, 0.15) is 47.3 Å². The van der Waals surface area contributed by atoms with Crippen molar-refractivity contribution >= 4 is 17.6 Å². The lowest BCUT2D eigenvalue weighted by molar-refractivity contribution is -0.136. The molecule has 1 aliphatic rings. The van der Waals surface area contributed by atoms with Crippen molar-refractivity contribution in [2.45, 2.75) is 44.3 Å². The molecule has 0 aromatic heterocycles. The van der Waals surface area contributed by atoms with Gasteiger partial charge in [-0.2, -0.15) is 0 Å². The Morgan fingerprint density at radius 3 is 2.35 bits per heavy atom. The largest absolute Gasteiger partial charge is 0.508 e. The predicted molar refractivity (Wildman–Crippen MR) is 127 cm³/mol. The molecule has 7 heteroatoms. The Morgan fingerprint density at radius 2 is 1.68 bits per heavy atom. The number of esters is 1. The molecule has 0 bridgehead atoms. The molecule has 7 nitrogen and oxygen atoms in total. The Balaban J connectivity index is 1.66. The number of cyclic esters (lactones) is 1. The lowest BCUT2D eigenvalue weighted by Gasteiger charge is -2.36. The molecule has 4 N–H and O–H groups in total. The molecular weight excluding hydrogens is 434 g/mol. The summed E-state index contributed by atoms with van der Waals surface area (Å²) in [6, 6.07) is 18.4. The number of ether oxygens (including phenoxy) is 1. The van der Waals surface area contributed by atoms with Crippen molar-refractivity contribution in [1.82, 2.24) is 0 Å². The van der Waals surface area contributed by atoms with Crippen LogP contribution in [0.4, 0.5) is 5.69 Å². The van der Waals surface area contributed by atoms with Crippen molar-refractivity contribution in [1.29, 1.82) is 0 Å². The van der Waals surface area contributed by atoms with Crippen LogP contribution in [0.5, 0.6) is 11.5 Å². The summed E-state index contributed by atoms with van der Waals surface area (Å²) in [4.78, 5) is 25.2. The Morgan fingerprint density at radius 1 is 1.00 bits per heavy atom. The van der Waals surface area contributed by atoms with E-state index in [2.05, 4.69) is 5.32 Å². The highest BCUT2D eigenvalue weighted by molar-refractivity contribution is 5.99. The predicted octanol–water partition coefficient (Wildman–Crippen LogP) is 4.05. The van der Waals surface area contributed by atoms with Crippen molar-refractivity contribution in [3.63, 3.8) is 0 Å². The number of hydrogen-bond donors (Lipinski definition) is 4. The average Bonchev–Trinajstić information content (AvgIpc) is 3.13. The highest BCUT2D eigenvalue weighted by Crippen LogP contribution is 2.36. The number of phenols is 2. The SMILES string of the molecule is CC(C)(CC(O)(Cc1cc(O)cc(O)c1)C(=O)Nc1ccc2c(c1)COC2=O)c1ccccc1. The zero-order valence-electron chi connectivity index (χ0n) is 19.0. The van der Waals surface area contributed by atoms with Gasteiger partial charge in [-0.1, -0.05) is 44.2 Å². The van der Waals surface area contributed by atoms with Gasteiger partial charge in [0.05, 0.1) is 5.56 Å². The van der Waals surface area contributed by atoms with E-state index >= 15 is 0 Å². The second kappa shape index (κ2) is 8.83. The summed E-state index contributed by atoms with van der Waals surface area (Å²) in [5, 5.41) is 34.3. The molecule has 1 atom stereocenters. The third-order valence-corrected chi connectivity index (χ3v) is 6.11. The van der Waals surface area contributed by atoms with E-state index in [9.17, 15) is 24.9 Å². The molecular formula is C27H27NO6. The summed E-state index contributed by atoms with van der Waals surface area (Å²) in [6.45, 7) is 4.02. The first kappa shape index (κ1) is 23.3. The molecule has 1 unspecified atom stereocenters. The van der Waals surface area contributed by atoms with E-state index in [1.807, 2.05) is 44.2 Å². The second-order valence-corrected chi connectivity index (χ2v) is 9.39. The Hall–Kier alpha value is -3.84. The minimum atomic E-state index is -1.88. The molecule has 1 aliphatic heterocycles. The van der Waals surface area contributed by atoms with E-state index in [0.717, 1.165) is 5.56 Å². The average molecular weight is 462 g/mol. The number of fused-ring (bicyclic) bond motifs is 1. The third-order valence-electron chi connectivity index (χ3n) is 6.11. The first-order chi connectivity index (χ1) is 16.1. The summed E-state index contributed by atoms with van der Waals surface area (Å²) in [6.07, 6.45) is -0.0671.